The van der Waals surface area contributed by atoms with Gasteiger partial charge in [-0.1, -0.05) is 18.2 Å². The van der Waals surface area contributed by atoms with Gasteiger partial charge in [-0.25, -0.2) is 0 Å². The molecule has 14 heavy (non-hydrogen) atoms. The van der Waals surface area contributed by atoms with Crippen molar-refractivity contribution in [3.63, 3.8) is 0 Å². The van der Waals surface area contributed by atoms with Gasteiger partial charge in [0.15, 0.2) is 5.78 Å². The van der Waals surface area contributed by atoms with Gasteiger partial charge < -0.3 is 5.11 Å². The first kappa shape index (κ1) is 9.00. The molecular formula is C12H12O2. The van der Waals surface area contributed by atoms with Gasteiger partial charge in [0, 0.05) is 5.56 Å². The third-order valence-corrected chi connectivity index (χ3v) is 2.59. The minimum Gasteiger partial charge on any atom is -0.507 e. The average Bonchev–Trinajstić information content (AvgIpc) is 2.18. The molecule has 2 rings (SSSR count). The highest BCUT2D eigenvalue weighted by Gasteiger charge is 2.15. The Balaban J connectivity index is 2.57. The Morgan fingerprint density at radius 2 is 2.00 bits per heavy atom. The molecule has 1 aromatic carbocycles. The molecule has 0 atom stereocenters. The van der Waals surface area contributed by atoms with Crippen LogP contribution >= 0.6 is 0 Å². The quantitative estimate of drug-likeness (QED) is 0.542. The molecule has 0 amide bonds. The molecule has 0 aliphatic heterocycles. The van der Waals surface area contributed by atoms with Crippen LogP contribution in [-0.2, 0) is 12.8 Å². The van der Waals surface area contributed by atoms with Crippen molar-refractivity contribution in [1.82, 2.24) is 0 Å². The van der Waals surface area contributed by atoms with Crippen molar-refractivity contribution in [1.29, 1.82) is 0 Å². The molecule has 2 heteroatoms. The molecule has 0 radical (unpaired) electrons. The van der Waals surface area contributed by atoms with Crippen LogP contribution in [0.25, 0.3) is 0 Å². The van der Waals surface area contributed by atoms with Gasteiger partial charge in [-0.3, -0.25) is 4.79 Å². The molecular weight excluding hydrogens is 176 g/mol. The summed E-state index contributed by atoms with van der Waals surface area (Å²) in [6.45, 7) is 1.47. The molecule has 1 aliphatic carbocycles. The van der Waals surface area contributed by atoms with Crippen LogP contribution in [0.4, 0.5) is 0 Å². The van der Waals surface area contributed by atoms with Crippen molar-refractivity contribution in [3.05, 3.63) is 41.0 Å². The molecule has 0 bridgehead atoms. The smallest absolute Gasteiger partial charge is 0.163 e. The van der Waals surface area contributed by atoms with Gasteiger partial charge in [0.05, 0.1) is 5.56 Å². The maximum Gasteiger partial charge on any atom is 0.163 e. The summed E-state index contributed by atoms with van der Waals surface area (Å²) in [6.07, 6.45) is 5.67. The number of phenols is 1. The molecule has 0 aromatic heterocycles. The minimum atomic E-state index is -0.0835. The van der Waals surface area contributed by atoms with Crippen molar-refractivity contribution in [2.45, 2.75) is 19.8 Å². The van der Waals surface area contributed by atoms with Crippen LogP contribution in [0, 0.1) is 0 Å². The maximum atomic E-state index is 11.2. The highest BCUT2D eigenvalue weighted by atomic mass is 16.3. The van der Waals surface area contributed by atoms with Gasteiger partial charge in [0.25, 0.3) is 0 Å². The SMILES string of the molecule is CC(=O)c1ccc2c(c1O)CC=CC2. The zero-order chi connectivity index (χ0) is 10.1. The van der Waals surface area contributed by atoms with E-state index in [0.29, 0.717) is 5.56 Å². The van der Waals surface area contributed by atoms with Crippen LogP contribution in [0.15, 0.2) is 24.3 Å². The number of benzene rings is 1. The fourth-order valence-corrected chi connectivity index (χ4v) is 1.79. The highest BCUT2D eigenvalue weighted by molar-refractivity contribution is 5.97. The van der Waals surface area contributed by atoms with E-state index in [9.17, 15) is 9.90 Å². The van der Waals surface area contributed by atoms with Crippen LogP contribution in [0.3, 0.4) is 0 Å². The zero-order valence-corrected chi connectivity index (χ0v) is 8.08. The van der Waals surface area contributed by atoms with E-state index in [1.54, 1.807) is 6.07 Å². The van der Waals surface area contributed by atoms with Gasteiger partial charge in [-0.15, -0.1) is 0 Å². The summed E-state index contributed by atoms with van der Waals surface area (Å²) >= 11 is 0. The number of phenolic OH excluding ortho intramolecular Hbond substituents is 1. The van der Waals surface area contributed by atoms with Gasteiger partial charge in [-0.2, -0.15) is 0 Å². The van der Waals surface area contributed by atoms with E-state index in [1.165, 1.54) is 6.92 Å². The Kier molecular flexibility index (Phi) is 2.12. The van der Waals surface area contributed by atoms with Crippen molar-refractivity contribution in [2.75, 3.05) is 0 Å². The topological polar surface area (TPSA) is 37.3 Å². The van der Waals surface area contributed by atoms with Gasteiger partial charge in [-0.05, 0) is 31.4 Å². The monoisotopic (exact) mass is 188 g/mol. The number of allylic oxidation sites excluding steroid dienone is 2. The number of ketones is 1. The van der Waals surface area contributed by atoms with E-state index >= 15 is 0 Å². The fourth-order valence-electron chi connectivity index (χ4n) is 1.79. The number of hydrogen-bond acceptors (Lipinski definition) is 2. The summed E-state index contributed by atoms with van der Waals surface area (Å²) in [6, 6.07) is 3.63. The van der Waals surface area contributed by atoms with Gasteiger partial charge >= 0.3 is 0 Å². The Morgan fingerprint density at radius 1 is 1.29 bits per heavy atom. The van der Waals surface area contributed by atoms with Crippen LogP contribution in [0.5, 0.6) is 5.75 Å². The van der Waals surface area contributed by atoms with E-state index in [2.05, 4.69) is 6.08 Å². The fraction of sp³-hybridized carbons (Fsp3) is 0.250. The summed E-state index contributed by atoms with van der Waals surface area (Å²) < 4.78 is 0. The summed E-state index contributed by atoms with van der Waals surface area (Å²) in [7, 11) is 0. The van der Waals surface area contributed by atoms with Crippen molar-refractivity contribution >= 4 is 5.78 Å². The molecule has 1 aromatic rings. The molecule has 2 nitrogen and oxygen atoms in total. The van der Waals surface area contributed by atoms with E-state index in [4.69, 9.17) is 0 Å². The summed E-state index contributed by atoms with van der Waals surface area (Å²) in [5, 5.41) is 9.85. The van der Waals surface area contributed by atoms with E-state index in [1.807, 2.05) is 12.1 Å². The molecule has 0 unspecified atom stereocenters. The second-order valence-corrected chi connectivity index (χ2v) is 3.54. The van der Waals surface area contributed by atoms with Crippen molar-refractivity contribution < 1.29 is 9.90 Å². The van der Waals surface area contributed by atoms with Gasteiger partial charge in [0.1, 0.15) is 5.75 Å². The van der Waals surface area contributed by atoms with Crippen LogP contribution in [-0.4, -0.2) is 10.9 Å². The lowest BCUT2D eigenvalue weighted by molar-refractivity contribution is 0.101. The largest absolute Gasteiger partial charge is 0.507 e. The van der Waals surface area contributed by atoms with Crippen molar-refractivity contribution in [3.8, 4) is 5.75 Å². The first-order valence-corrected chi connectivity index (χ1v) is 4.70. The predicted octanol–water partition coefficient (Wildman–Crippen LogP) is 2.25. The summed E-state index contributed by atoms with van der Waals surface area (Å²) in [5.74, 6) is 0.0826. The summed E-state index contributed by atoms with van der Waals surface area (Å²) in [4.78, 5) is 11.2. The molecule has 1 aliphatic rings. The van der Waals surface area contributed by atoms with E-state index in [0.717, 1.165) is 24.0 Å². The normalized spacial score (nSPS) is 13.8. The lowest BCUT2D eigenvalue weighted by atomic mass is 9.93. The molecule has 0 fully saturated rings. The minimum absolute atomic E-state index is 0.0835. The standard InChI is InChI=1S/C12H12O2/c1-8(13)10-7-6-9-4-2-3-5-11(9)12(10)14/h2-3,6-7,14H,4-5H2,1H3. The lowest BCUT2D eigenvalue weighted by Gasteiger charge is -2.14. The zero-order valence-electron chi connectivity index (χ0n) is 8.08. The maximum absolute atomic E-state index is 11.2. The third kappa shape index (κ3) is 1.33. The average molecular weight is 188 g/mol. The Bertz CT molecular complexity index is 417. The van der Waals surface area contributed by atoms with E-state index in [-0.39, 0.29) is 11.5 Å². The predicted molar refractivity (Wildman–Crippen MR) is 54.7 cm³/mol. The number of fused-ring (bicyclic) bond motifs is 1. The third-order valence-electron chi connectivity index (χ3n) is 2.59. The number of hydrogen-bond donors (Lipinski definition) is 1. The first-order chi connectivity index (χ1) is 6.70. The number of Topliss-reactive ketones (excluding diaryl/α,β-unsaturated/α-hetero) is 1. The molecule has 0 saturated heterocycles. The first-order valence-electron chi connectivity index (χ1n) is 4.70. The van der Waals surface area contributed by atoms with Crippen LogP contribution in [0.2, 0.25) is 0 Å². The second kappa shape index (κ2) is 3.29. The molecule has 0 heterocycles. The molecule has 0 spiro atoms. The lowest BCUT2D eigenvalue weighted by Crippen LogP contribution is -2.02. The van der Waals surface area contributed by atoms with E-state index < -0.39 is 0 Å². The number of aromatic hydroxyl groups is 1. The number of carbonyl (C=O) groups is 1. The number of carbonyl (C=O) groups excluding carboxylic acids is 1. The number of rotatable bonds is 1. The Morgan fingerprint density at radius 3 is 2.71 bits per heavy atom. The summed E-state index contributed by atoms with van der Waals surface area (Å²) in [5.41, 5.74) is 2.45. The second-order valence-electron chi connectivity index (χ2n) is 3.54. The molecule has 0 saturated carbocycles. The Labute approximate surface area is 82.9 Å². The van der Waals surface area contributed by atoms with Crippen molar-refractivity contribution in [2.24, 2.45) is 0 Å². The van der Waals surface area contributed by atoms with Crippen LogP contribution in [0.1, 0.15) is 28.4 Å². The molecule has 1 N–H and O–H groups in total. The Hall–Kier alpha value is -1.57. The molecule has 72 valence electrons. The van der Waals surface area contributed by atoms with Crippen LogP contribution < -0.4 is 0 Å². The highest BCUT2D eigenvalue weighted by Crippen LogP contribution is 2.29. The van der Waals surface area contributed by atoms with Gasteiger partial charge in [0.2, 0.25) is 0 Å².